The molecule has 0 spiro atoms. The van der Waals surface area contributed by atoms with E-state index >= 15 is 0 Å². The van der Waals surface area contributed by atoms with E-state index in [0.29, 0.717) is 12.2 Å². The van der Waals surface area contributed by atoms with Crippen LogP contribution in [0.2, 0.25) is 5.02 Å². The Balaban J connectivity index is 2.21. The van der Waals surface area contributed by atoms with Crippen LogP contribution in [0.3, 0.4) is 0 Å². The fraction of sp³-hybridized carbons (Fsp3) is 0.692. The lowest BCUT2D eigenvalue weighted by Crippen LogP contribution is -2.45. The number of aryl methyl sites for hydroxylation is 1. The van der Waals surface area contributed by atoms with Crippen LogP contribution >= 0.6 is 11.6 Å². The van der Waals surface area contributed by atoms with E-state index in [0.717, 1.165) is 32.4 Å². The smallest absolute Gasteiger partial charge is 0.287 e. The van der Waals surface area contributed by atoms with Crippen LogP contribution in [-0.4, -0.2) is 28.4 Å². The van der Waals surface area contributed by atoms with Crippen LogP contribution in [-0.2, 0) is 6.54 Å². The third kappa shape index (κ3) is 3.28. The van der Waals surface area contributed by atoms with Crippen molar-refractivity contribution in [2.24, 2.45) is 0 Å². The van der Waals surface area contributed by atoms with Crippen molar-refractivity contribution in [1.82, 2.24) is 15.1 Å². The maximum Gasteiger partial charge on any atom is 0.287 e. The molecule has 2 rings (SSSR count). The molecule has 19 heavy (non-hydrogen) atoms. The van der Waals surface area contributed by atoms with Gasteiger partial charge in [-0.2, -0.15) is 5.10 Å². The molecule has 0 radical (unpaired) electrons. The van der Waals surface area contributed by atoms with Crippen molar-refractivity contribution in [2.75, 3.05) is 18.4 Å². The first kappa shape index (κ1) is 14.3. The van der Waals surface area contributed by atoms with Crippen molar-refractivity contribution >= 4 is 17.3 Å². The molecule has 1 fully saturated rings. The zero-order valence-corrected chi connectivity index (χ0v) is 12.3. The van der Waals surface area contributed by atoms with Crippen LogP contribution in [0.25, 0.3) is 0 Å². The van der Waals surface area contributed by atoms with Crippen molar-refractivity contribution in [2.45, 2.75) is 45.2 Å². The van der Waals surface area contributed by atoms with Gasteiger partial charge in [0.25, 0.3) is 5.56 Å². The highest BCUT2D eigenvalue weighted by Gasteiger charge is 2.27. The van der Waals surface area contributed by atoms with Crippen molar-refractivity contribution in [3.63, 3.8) is 0 Å². The maximum absolute atomic E-state index is 12.0. The van der Waals surface area contributed by atoms with Gasteiger partial charge in [-0.05, 0) is 39.3 Å². The Hall–Kier alpha value is -1.07. The van der Waals surface area contributed by atoms with Gasteiger partial charge in [-0.3, -0.25) is 4.79 Å². The second-order valence-corrected chi connectivity index (χ2v) is 5.71. The van der Waals surface area contributed by atoms with Gasteiger partial charge in [-0.15, -0.1) is 0 Å². The second-order valence-electron chi connectivity index (χ2n) is 5.34. The largest absolute Gasteiger partial charge is 0.377 e. The highest BCUT2D eigenvalue weighted by atomic mass is 35.5. The first-order valence-electron chi connectivity index (χ1n) is 6.80. The summed E-state index contributed by atoms with van der Waals surface area (Å²) in [5.74, 6) is 0. The summed E-state index contributed by atoms with van der Waals surface area (Å²) in [6.07, 6.45) is 4.52. The topological polar surface area (TPSA) is 59.0 Å². The lowest BCUT2D eigenvalue weighted by atomic mass is 9.90. The van der Waals surface area contributed by atoms with Crippen molar-refractivity contribution in [1.29, 1.82) is 0 Å². The zero-order valence-electron chi connectivity index (χ0n) is 11.5. The molecule has 1 aliphatic rings. The van der Waals surface area contributed by atoms with E-state index < -0.39 is 0 Å². The standard InChI is InChI=1S/C13H21ClN4O/c1-3-8-18-12(19)11(14)10(9-16-18)17-13(2)4-6-15-7-5-13/h9,15,17H,3-8H2,1-2H3. The molecule has 0 atom stereocenters. The minimum Gasteiger partial charge on any atom is -0.377 e. The van der Waals surface area contributed by atoms with Crippen LogP contribution in [0.1, 0.15) is 33.1 Å². The van der Waals surface area contributed by atoms with E-state index in [4.69, 9.17) is 11.6 Å². The number of anilines is 1. The van der Waals surface area contributed by atoms with Gasteiger partial charge in [0.15, 0.2) is 0 Å². The Morgan fingerprint density at radius 3 is 2.84 bits per heavy atom. The second kappa shape index (κ2) is 5.92. The summed E-state index contributed by atoms with van der Waals surface area (Å²) in [4.78, 5) is 12.0. The van der Waals surface area contributed by atoms with Gasteiger partial charge in [0.2, 0.25) is 0 Å². The molecule has 0 aliphatic carbocycles. The molecule has 0 amide bonds. The SMILES string of the molecule is CCCn1ncc(NC2(C)CCNCC2)c(Cl)c1=O. The molecule has 106 valence electrons. The van der Waals surface area contributed by atoms with E-state index in [9.17, 15) is 4.79 Å². The average Bonchev–Trinajstić information content (AvgIpc) is 2.39. The van der Waals surface area contributed by atoms with Crippen LogP contribution in [0.4, 0.5) is 5.69 Å². The first-order chi connectivity index (χ1) is 9.06. The molecule has 0 aromatic carbocycles. The monoisotopic (exact) mass is 284 g/mol. The molecule has 1 saturated heterocycles. The van der Waals surface area contributed by atoms with E-state index in [-0.39, 0.29) is 16.1 Å². The van der Waals surface area contributed by atoms with Crippen molar-refractivity contribution < 1.29 is 0 Å². The molecule has 2 heterocycles. The fourth-order valence-electron chi connectivity index (χ4n) is 2.35. The molecule has 6 heteroatoms. The van der Waals surface area contributed by atoms with Gasteiger partial charge in [0.05, 0.1) is 11.9 Å². The van der Waals surface area contributed by atoms with E-state index in [1.54, 1.807) is 6.20 Å². The number of piperidine rings is 1. The van der Waals surface area contributed by atoms with Gasteiger partial charge in [0.1, 0.15) is 5.02 Å². The molecule has 5 nitrogen and oxygen atoms in total. The predicted octanol–water partition coefficient (Wildman–Crippen LogP) is 1.86. The molecule has 1 aromatic heterocycles. The quantitative estimate of drug-likeness (QED) is 0.886. The van der Waals surface area contributed by atoms with Crippen LogP contribution in [0.5, 0.6) is 0 Å². The molecule has 0 saturated carbocycles. The Kier molecular flexibility index (Phi) is 4.47. The summed E-state index contributed by atoms with van der Waals surface area (Å²) in [5.41, 5.74) is 0.398. The molecule has 0 bridgehead atoms. The third-order valence-electron chi connectivity index (χ3n) is 3.56. The Labute approximate surface area is 118 Å². The molecule has 1 aromatic rings. The fourth-order valence-corrected chi connectivity index (χ4v) is 2.55. The number of hydrogen-bond donors (Lipinski definition) is 2. The number of hydrogen-bond acceptors (Lipinski definition) is 4. The number of nitrogens with one attached hydrogen (secondary N) is 2. The number of aromatic nitrogens is 2. The van der Waals surface area contributed by atoms with Crippen LogP contribution in [0, 0.1) is 0 Å². The minimum atomic E-state index is -0.217. The Morgan fingerprint density at radius 2 is 2.21 bits per heavy atom. The van der Waals surface area contributed by atoms with Gasteiger partial charge in [-0.1, -0.05) is 18.5 Å². The molecule has 2 N–H and O–H groups in total. The van der Waals surface area contributed by atoms with Gasteiger partial charge >= 0.3 is 0 Å². The predicted molar refractivity (Wildman–Crippen MR) is 77.9 cm³/mol. The van der Waals surface area contributed by atoms with Crippen LogP contribution < -0.4 is 16.2 Å². The van der Waals surface area contributed by atoms with E-state index in [1.807, 2.05) is 6.92 Å². The lowest BCUT2D eigenvalue weighted by Gasteiger charge is -2.36. The number of rotatable bonds is 4. The molecule has 1 aliphatic heterocycles. The summed E-state index contributed by atoms with van der Waals surface area (Å²) in [7, 11) is 0. The number of halogens is 1. The highest BCUT2D eigenvalue weighted by molar-refractivity contribution is 6.32. The van der Waals surface area contributed by atoms with Crippen LogP contribution in [0.15, 0.2) is 11.0 Å². The maximum atomic E-state index is 12.0. The summed E-state index contributed by atoms with van der Waals surface area (Å²) in [5, 5.41) is 11.1. The first-order valence-corrected chi connectivity index (χ1v) is 7.18. The Morgan fingerprint density at radius 1 is 1.53 bits per heavy atom. The summed E-state index contributed by atoms with van der Waals surface area (Å²) in [6, 6.07) is 0. The van der Waals surface area contributed by atoms with Gasteiger partial charge < -0.3 is 10.6 Å². The van der Waals surface area contributed by atoms with E-state index in [2.05, 4.69) is 22.7 Å². The Bertz CT molecular complexity index is 494. The molecular weight excluding hydrogens is 264 g/mol. The highest BCUT2D eigenvalue weighted by Crippen LogP contribution is 2.26. The normalized spacial score (nSPS) is 18.3. The van der Waals surface area contributed by atoms with Crippen molar-refractivity contribution in [3.05, 3.63) is 21.6 Å². The summed E-state index contributed by atoms with van der Waals surface area (Å²) >= 11 is 6.16. The lowest BCUT2D eigenvalue weighted by molar-refractivity contribution is 0.365. The summed E-state index contributed by atoms with van der Waals surface area (Å²) in [6.45, 7) is 6.70. The van der Waals surface area contributed by atoms with Gasteiger partial charge in [-0.25, -0.2) is 4.68 Å². The summed E-state index contributed by atoms with van der Waals surface area (Å²) < 4.78 is 1.41. The zero-order chi connectivity index (χ0) is 13.9. The average molecular weight is 285 g/mol. The molecular formula is C13H21ClN4O. The molecule has 0 unspecified atom stereocenters. The van der Waals surface area contributed by atoms with E-state index in [1.165, 1.54) is 4.68 Å². The minimum absolute atomic E-state index is 0.0278. The number of nitrogens with zero attached hydrogens (tertiary/aromatic N) is 2. The van der Waals surface area contributed by atoms with Crippen molar-refractivity contribution in [3.8, 4) is 0 Å². The third-order valence-corrected chi connectivity index (χ3v) is 3.93. The van der Waals surface area contributed by atoms with Gasteiger partial charge in [0, 0.05) is 12.1 Å².